The van der Waals surface area contributed by atoms with Gasteiger partial charge < -0.3 is 0 Å². The van der Waals surface area contributed by atoms with Crippen molar-refractivity contribution in [2.24, 2.45) is 23.7 Å². The number of rotatable bonds is 6. The highest BCUT2D eigenvalue weighted by Gasteiger charge is 2.30. The van der Waals surface area contributed by atoms with Crippen molar-refractivity contribution in [2.75, 3.05) is 0 Å². The molecule has 1 nitrogen and oxygen atoms in total. The van der Waals surface area contributed by atoms with Crippen molar-refractivity contribution in [1.29, 1.82) is 5.26 Å². The van der Waals surface area contributed by atoms with Gasteiger partial charge in [0.1, 0.15) is 6.07 Å². The molecule has 2 rings (SSSR count). The van der Waals surface area contributed by atoms with Gasteiger partial charge in [0.25, 0.3) is 0 Å². The molecule has 23 heavy (non-hydrogen) atoms. The SMILES string of the molecule is CC[C@H]1CC[C@H]([C@H]2CC[C@H](CCC=CC=C(F)C#N)CC2)CC1. The molecule has 0 atom stereocenters. The quantitative estimate of drug-likeness (QED) is 0.394. The van der Waals surface area contributed by atoms with Crippen LogP contribution in [-0.4, -0.2) is 0 Å². The van der Waals surface area contributed by atoms with Gasteiger partial charge in [0, 0.05) is 0 Å². The summed E-state index contributed by atoms with van der Waals surface area (Å²) in [5.41, 5.74) is 0. The van der Waals surface area contributed by atoms with Crippen LogP contribution in [0.4, 0.5) is 4.39 Å². The Morgan fingerprint density at radius 1 is 1.00 bits per heavy atom. The van der Waals surface area contributed by atoms with E-state index in [1.807, 2.05) is 6.08 Å². The Labute approximate surface area is 141 Å². The van der Waals surface area contributed by atoms with Crippen LogP contribution in [-0.2, 0) is 0 Å². The number of hydrogen-bond acceptors (Lipinski definition) is 1. The third kappa shape index (κ3) is 6.13. The third-order valence-electron chi connectivity index (χ3n) is 6.25. The maximum Gasteiger partial charge on any atom is 0.199 e. The summed E-state index contributed by atoms with van der Waals surface area (Å²) in [6, 6.07) is 1.49. The predicted molar refractivity (Wildman–Crippen MR) is 94.4 cm³/mol. The summed E-state index contributed by atoms with van der Waals surface area (Å²) in [6.07, 6.45) is 20.0. The first kappa shape index (κ1) is 18.2. The molecule has 0 radical (unpaired) electrons. The van der Waals surface area contributed by atoms with Crippen LogP contribution in [0.25, 0.3) is 0 Å². The van der Waals surface area contributed by atoms with Gasteiger partial charge >= 0.3 is 0 Å². The van der Waals surface area contributed by atoms with E-state index in [9.17, 15) is 4.39 Å². The maximum absolute atomic E-state index is 12.6. The van der Waals surface area contributed by atoms with E-state index in [2.05, 4.69) is 6.92 Å². The largest absolute Gasteiger partial charge is 0.199 e. The van der Waals surface area contributed by atoms with Gasteiger partial charge in [-0.3, -0.25) is 0 Å². The number of nitrogens with zero attached hydrogens (tertiary/aromatic N) is 1. The lowest BCUT2D eigenvalue weighted by molar-refractivity contribution is 0.143. The third-order valence-corrected chi connectivity index (χ3v) is 6.25. The highest BCUT2D eigenvalue weighted by molar-refractivity contribution is 5.18. The smallest absolute Gasteiger partial charge is 0.195 e. The van der Waals surface area contributed by atoms with Gasteiger partial charge in [-0.15, -0.1) is 0 Å². The molecule has 0 amide bonds. The van der Waals surface area contributed by atoms with Crippen LogP contribution in [0.5, 0.6) is 0 Å². The molecule has 128 valence electrons. The van der Waals surface area contributed by atoms with Crippen molar-refractivity contribution in [3.63, 3.8) is 0 Å². The van der Waals surface area contributed by atoms with Gasteiger partial charge in [0.15, 0.2) is 5.83 Å². The van der Waals surface area contributed by atoms with E-state index in [-0.39, 0.29) is 0 Å². The zero-order valence-corrected chi connectivity index (χ0v) is 14.6. The van der Waals surface area contributed by atoms with E-state index < -0.39 is 5.83 Å². The van der Waals surface area contributed by atoms with E-state index >= 15 is 0 Å². The van der Waals surface area contributed by atoms with E-state index in [1.54, 1.807) is 6.08 Å². The second-order valence-corrected chi connectivity index (χ2v) is 7.60. The molecule has 0 aliphatic heterocycles. The molecule has 0 saturated heterocycles. The molecule has 0 unspecified atom stereocenters. The van der Waals surface area contributed by atoms with Gasteiger partial charge in [0.05, 0.1) is 0 Å². The second kappa shape index (κ2) is 9.91. The molecule has 0 heterocycles. The van der Waals surface area contributed by atoms with Crippen LogP contribution in [0.1, 0.15) is 77.6 Å². The van der Waals surface area contributed by atoms with E-state index in [0.717, 1.165) is 30.1 Å². The van der Waals surface area contributed by atoms with Crippen LogP contribution in [0.3, 0.4) is 0 Å². The molecular formula is C21H32FN. The molecule has 2 fully saturated rings. The second-order valence-electron chi connectivity index (χ2n) is 7.60. The summed E-state index contributed by atoms with van der Waals surface area (Å²) in [4.78, 5) is 0. The minimum absolute atomic E-state index is 0.709. The highest BCUT2D eigenvalue weighted by atomic mass is 19.1. The van der Waals surface area contributed by atoms with E-state index in [0.29, 0.717) is 0 Å². The number of halogens is 1. The Bertz CT molecular complexity index is 429. The first-order chi connectivity index (χ1) is 11.2. The van der Waals surface area contributed by atoms with Crippen LogP contribution >= 0.6 is 0 Å². The molecule has 2 aliphatic carbocycles. The number of nitriles is 1. The van der Waals surface area contributed by atoms with Crippen LogP contribution in [0, 0.1) is 35.0 Å². The van der Waals surface area contributed by atoms with Crippen molar-refractivity contribution in [3.05, 3.63) is 24.1 Å². The van der Waals surface area contributed by atoms with Gasteiger partial charge in [-0.1, -0.05) is 51.2 Å². The Morgan fingerprint density at radius 3 is 2.09 bits per heavy atom. The predicted octanol–water partition coefficient (Wildman–Crippen LogP) is 6.72. The number of hydrogen-bond donors (Lipinski definition) is 0. The molecule has 2 saturated carbocycles. The summed E-state index contributed by atoms with van der Waals surface area (Å²) in [7, 11) is 0. The molecule has 2 heteroatoms. The first-order valence-electron chi connectivity index (χ1n) is 9.65. The fourth-order valence-electron chi connectivity index (χ4n) is 4.63. The molecule has 2 aliphatic rings. The normalized spacial score (nSPS) is 32.8. The van der Waals surface area contributed by atoms with Crippen molar-refractivity contribution >= 4 is 0 Å². The standard InChI is InChI=1S/C21H32FN/c1-2-17-8-12-19(13-9-17)20-14-10-18(11-15-20)6-4-3-5-7-21(22)16-23/h3,5,7,17-20H,2,4,6,8-15H2,1H3/t17-,18-,19-,20-. The van der Waals surface area contributed by atoms with Crippen LogP contribution in [0.15, 0.2) is 24.1 Å². The summed E-state index contributed by atoms with van der Waals surface area (Å²) >= 11 is 0. The van der Waals surface area contributed by atoms with E-state index in [4.69, 9.17) is 5.26 Å². The van der Waals surface area contributed by atoms with Gasteiger partial charge in [-0.05, 0) is 68.3 Å². The topological polar surface area (TPSA) is 23.8 Å². The Hall–Kier alpha value is -1.10. The van der Waals surface area contributed by atoms with Crippen LogP contribution in [0.2, 0.25) is 0 Å². The fourth-order valence-corrected chi connectivity index (χ4v) is 4.63. The monoisotopic (exact) mass is 317 g/mol. The molecule has 0 N–H and O–H groups in total. The van der Waals surface area contributed by atoms with Crippen molar-refractivity contribution in [3.8, 4) is 6.07 Å². The van der Waals surface area contributed by atoms with Gasteiger partial charge in [-0.25, -0.2) is 0 Å². The lowest BCUT2D eigenvalue weighted by atomic mass is 9.68. The average Bonchev–Trinajstić information content (AvgIpc) is 2.62. The Balaban J connectivity index is 1.62. The highest BCUT2D eigenvalue weighted by Crippen LogP contribution is 2.42. The summed E-state index contributed by atoms with van der Waals surface area (Å²) < 4.78 is 12.6. The summed E-state index contributed by atoms with van der Waals surface area (Å²) in [6.45, 7) is 2.34. The van der Waals surface area contributed by atoms with Crippen molar-refractivity contribution < 1.29 is 4.39 Å². The lowest BCUT2D eigenvalue weighted by Crippen LogP contribution is -2.25. The summed E-state index contributed by atoms with van der Waals surface area (Å²) in [5, 5.41) is 8.33. The van der Waals surface area contributed by atoms with E-state index in [1.165, 1.54) is 76.4 Å². The minimum atomic E-state index is -0.709. The van der Waals surface area contributed by atoms with Gasteiger partial charge in [-0.2, -0.15) is 9.65 Å². The maximum atomic E-state index is 12.6. The first-order valence-corrected chi connectivity index (χ1v) is 9.65. The lowest BCUT2D eigenvalue weighted by Gasteiger charge is -2.37. The average molecular weight is 317 g/mol. The molecular weight excluding hydrogens is 285 g/mol. The Morgan fingerprint density at radius 2 is 1.57 bits per heavy atom. The number of allylic oxidation sites excluding steroid dienone is 4. The zero-order valence-electron chi connectivity index (χ0n) is 14.6. The molecule has 0 aromatic carbocycles. The fraction of sp³-hybridized carbons (Fsp3) is 0.762. The van der Waals surface area contributed by atoms with Gasteiger partial charge in [0.2, 0.25) is 0 Å². The van der Waals surface area contributed by atoms with Crippen LogP contribution < -0.4 is 0 Å². The molecule has 0 spiro atoms. The molecule has 0 bridgehead atoms. The zero-order chi connectivity index (χ0) is 16.5. The Kier molecular flexibility index (Phi) is 7.86. The minimum Gasteiger partial charge on any atom is -0.195 e. The summed E-state index contributed by atoms with van der Waals surface area (Å²) in [5.74, 6) is 3.16. The van der Waals surface area contributed by atoms with Crippen molar-refractivity contribution in [2.45, 2.75) is 77.6 Å². The van der Waals surface area contributed by atoms with Crippen molar-refractivity contribution in [1.82, 2.24) is 0 Å². The molecule has 0 aromatic heterocycles. The molecule has 0 aromatic rings.